The molecule has 1 aliphatic heterocycles. The van der Waals surface area contributed by atoms with Crippen molar-refractivity contribution in [1.82, 2.24) is 9.89 Å². The van der Waals surface area contributed by atoms with Crippen LogP contribution in [0.25, 0.3) is 10.8 Å². The van der Waals surface area contributed by atoms with E-state index in [2.05, 4.69) is 15.4 Å². The Morgan fingerprint density at radius 2 is 1.72 bits per heavy atom. The number of hydrogen-bond acceptors (Lipinski definition) is 5. The average Bonchev–Trinajstić information content (AvgIpc) is 2.70. The Hall–Kier alpha value is -2.94. The topological polar surface area (TPSA) is 67.2 Å². The molecule has 0 unspecified atom stereocenters. The first-order chi connectivity index (χ1) is 14.0. The molecule has 2 heterocycles. The number of fused-ring (bicyclic) bond motifs is 1. The summed E-state index contributed by atoms with van der Waals surface area (Å²) in [5.74, 6) is 0.398. The van der Waals surface area contributed by atoms with Crippen LogP contribution in [0.5, 0.6) is 0 Å². The van der Waals surface area contributed by atoms with Gasteiger partial charge in [0.2, 0.25) is 5.91 Å². The Morgan fingerprint density at radius 1 is 1.07 bits per heavy atom. The molecule has 3 aromatic rings. The second kappa shape index (κ2) is 8.20. The van der Waals surface area contributed by atoms with Crippen molar-refractivity contribution in [3.05, 3.63) is 70.0 Å². The van der Waals surface area contributed by atoms with E-state index in [1.807, 2.05) is 23.9 Å². The highest BCUT2D eigenvalue weighted by molar-refractivity contribution is 7.99. The van der Waals surface area contributed by atoms with Crippen LogP contribution in [0.2, 0.25) is 0 Å². The number of anilines is 1. The van der Waals surface area contributed by atoms with Gasteiger partial charge in [-0.05, 0) is 23.8 Å². The fraction of sp³-hybridized carbons (Fsp3) is 0.250. The Morgan fingerprint density at radius 3 is 2.41 bits per heavy atom. The lowest BCUT2D eigenvalue weighted by Crippen LogP contribution is -2.39. The van der Waals surface area contributed by atoms with Crippen molar-refractivity contribution in [3.63, 3.8) is 0 Å². The zero-order chi connectivity index (χ0) is 20.4. The first-order valence-electron chi connectivity index (χ1n) is 9.11. The third-order valence-electron chi connectivity index (χ3n) is 4.61. The summed E-state index contributed by atoms with van der Waals surface area (Å²) >= 11 is 1.85. The van der Waals surface area contributed by atoms with Crippen LogP contribution in [0.1, 0.15) is 5.56 Å². The molecule has 0 bridgehead atoms. The van der Waals surface area contributed by atoms with Gasteiger partial charge >= 0.3 is 0 Å². The van der Waals surface area contributed by atoms with E-state index in [9.17, 15) is 18.4 Å². The fourth-order valence-corrected chi connectivity index (χ4v) is 4.22. The summed E-state index contributed by atoms with van der Waals surface area (Å²) in [5.41, 5.74) is 2.15. The molecule has 1 saturated heterocycles. The van der Waals surface area contributed by atoms with Crippen molar-refractivity contribution in [1.29, 1.82) is 0 Å². The van der Waals surface area contributed by atoms with E-state index in [-0.39, 0.29) is 12.0 Å². The summed E-state index contributed by atoms with van der Waals surface area (Å²) in [7, 11) is 0. The number of aromatic nitrogens is 2. The molecule has 0 aliphatic carbocycles. The molecule has 1 N–H and O–H groups in total. The van der Waals surface area contributed by atoms with E-state index in [1.54, 1.807) is 12.1 Å². The normalized spacial score (nSPS) is 14.2. The molecule has 0 saturated carbocycles. The van der Waals surface area contributed by atoms with Crippen molar-refractivity contribution in [2.24, 2.45) is 0 Å². The zero-order valence-electron chi connectivity index (χ0n) is 15.4. The van der Waals surface area contributed by atoms with E-state index >= 15 is 0 Å². The molecular weight excluding hydrogens is 398 g/mol. The molecule has 29 heavy (non-hydrogen) atoms. The Kier molecular flexibility index (Phi) is 5.48. The van der Waals surface area contributed by atoms with Gasteiger partial charge in [0.05, 0.1) is 11.8 Å². The van der Waals surface area contributed by atoms with Gasteiger partial charge in [-0.2, -0.15) is 11.8 Å². The lowest BCUT2D eigenvalue weighted by molar-refractivity contribution is -0.116. The second-order valence-electron chi connectivity index (χ2n) is 6.68. The maximum atomic E-state index is 13.4. The number of amides is 1. The monoisotopic (exact) mass is 416 g/mol. The van der Waals surface area contributed by atoms with Crippen molar-refractivity contribution >= 4 is 34.3 Å². The minimum atomic E-state index is -0.765. The minimum Gasteiger partial charge on any atom is -0.353 e. The summed E-state index contributed by atoms with van der Waals surface area (Å²) in [6, 6.07) is 10.0. The molecule has 0 spiro atoms. The summed E-state index contributed by atoms with van der Waals surface area (Å²) in [4.78, 5) is 28.2. The molecule has 150 valence electrons. The average molecular weight is 416 g/mol. The number of thioether (sulfide) groups is 1. The Labute approximate surface area is 169 Å². The highest BCUT2D eigenvalue weighted by Gasteiger charge is 2.19. The van der Waals surface area contributed by atoms with Crippen LogP contribution in [0, 0.1) is 11.6 Å². The molecule has 1 aliphatic rings. The summed E-state index contributed by atoms with van der Waals surface area (Å²) in [6.45, 7) is 1.58. The predicted octanol–water partition coefficient (Wildman–Crippen LogP) is 2.54. The minimum absolute atomic E-state index is 0.169. The molecule has 4 rings (SSSR count). The molecule has 0 radical (unpaired) electrons. The van der Waals surface area contributed by atoms with Crippen LogP contribution in [-0.4, -0.2) is 40.4 Å². The highest BCUT2D eigenvalue weighted by Crippen LogP contribution is 2.24. The van der Waals surface area contributed by atoms with E-state index in [4.69, 9.17) is 0 Å². The molecule has 9 heteroatoms. The number of carbonyl (C=O) groups is 1. The lowest BCUT2D eigenvalue weighted by atomic mass is 10.1. The summed E-state index contributed by atoms with van der Waals surface area (Å²) in [5, 5.41) is 5.54. The van der Waals surface area contributed by atoms with Gasteiger partial charge in [-0.1, -0.05) is 18.2 Å². The molecular formula is C20H18F2N4O2S. The van der Waals surface area contributed by atoms with Crippen molar-refractivity contribution in [2.45, 2.75) is 6.42 Å². The SMILES string of the molecule is O=C(Cc1cc(F)cc(F)c1)Nn1nc(N2CCSCC2)c2ccccc2c1=O. The summed E-state index contributed by atoms with van der Waals surface area (Å²) in [6.07, 6.45) is -0.286. The van der Waals surface area contributed by atoms with Gasteiger partial charge in [-0.25, -0.2) is 14.2 Å². The van der Waals surface area contributed by atoms with E-state index in [0.717, 1.165) is 53.0 Å². The number of benzene rings is 2. The quantitative estimate of drug-likeness (QED) is 0.708. The number of nitrogens with zero attached hydrogens (tertiary/aromatic N) is 3. The standard InChI is InChI=1S/C20H18F2N4O2S/c21-14-9-13(10-15(22)12-14)11-18(27)23-26-20(28)17-4-2-1-3-16(17)19(24-26)25-5-7-29-8-6-25/h1-4,9-10,12H,5-8,11H2,(H,23,27). The molecule has 1 amide bonds. The van der Waals surface area contributed by atoms with Crippen LogP contribution in [0.3, 0.4) is 0 Å². The van der Waals surface area contributed by atoms with Crippen LogP contribution in [0.4, 0.5) is 14.6 Å². The van der Waals surface area contributed by atoms with Gasteiger partial charge in [-0.15, -0.1) is 9.89 Å². The first kappa shape index (κ1) is 19.4. The van der Waals surface area contributed by atoms with Gasteiger partial charge in [0.25, 0.3) is 5.56 Å². The predicted molar refractivity (Wildman–Crippen MR) is 110 cm³/mol. The maximum absolute atomic E-state index is 13.4. The first-order valence-corrected chi connectivity index (χ1v) is 10.3. The third-order valence-corrected chi connectivity index (χ3v) is 5.56. The fourth-order valence-electron chi connectivity index (χ4n) is 3.31. The van der Waals surface area contributed by atoms with Gasteiger partial charge < -0.3 is 4.90 Å². The molecule has 2 aromatic carbocycles. The van der Waals surface area contributed by atoms with Gasteiger partial charge in [0, 0.05) is 36.0 Å². The lowest BCUT2D eigenvalue weighted by Gasteiger charge is -2.28. The van der Waals surface area contributed by atoms with Gasteiger partial charge in [0.15, 0.2) is 5.82 Å². The molecule has 1 aromatic heterocycles. The molecule has 1 fully saturated rings. The molecule has 0 atom stereocenters. The van der Waals surface area contributed by atoms with Gasteiger partial charge in [-0.3, -0.25) is 9.59 Å². The molecule has 6 nitrogen and oxygen atoms in total. The van der Waals surface area contributed by atoms with Crippen LogP contribution >= 0.6 is 11.8 Å². The third kappa shape index (κ3) is 4.24. The largest absolute Gasteiger partial charge is 0.353 e. The van der Waals surface area contributed by atoms with E-state index in [0.29, 0.717) is 11.2 Å². The zero-order valence-corrected chi connectivity index (χ0v) is 16.2. The second-order valence-corrected chi connectivity index (χ2v) is 7.90. The van der Waals surface area contributed by atoms with Crippen LogP contribution in [0.15, 0.2) is 47.3 Å². The maximum Gasteiger partial charge on any atom is 0.294 e. The Bertz CT molecular complexity index is 1110. The number of halogens is 2. The van der Waals surface area contributed by atoms with Crippen LogP contribution < -0.4 is 15.9 Å². The highest BCUT2D eigenvalue weighted by atomic mass is 32.2. The van der Waals surface area contributed by atoms with E-state index in [1.165, 1.54) is 0 Å². The number of carbonyl (C=O) groups excluding carboxylic acids is 1. The number of nitrogens with one attached hydrogen (secondary N) is 1. The number of hydrogen-bond donors (Lipinski definition) is 1. The smallest absolute Gasteiger partial charge is 0.294 e. The summed E-state index contributed by atoms with van der Waals surface area (Å²) < 4.78 is 26.7. The van der Waals surface area contributed by atoms with E-state index < -0.39 is 23.1 Å². The number of rotatable bonds is 4. The van der Waals surface area contributed by atoms with Gasteiger partial charge in [0.1, 0.15) is 11.6 Å². The van der Waals surface area contributed by atoms with Crippen molar-refractivity contribution in [3.8, 4) is 0 Å². The Balaban J connectivity index is 1.67. The van der Waals surface area contributed by atoms with Crippen LogP contribution in [-0.2, 0) is 11.2 Å². The van der Waals surface area contributed by atoms with Crippen molar-refractivity contribution < 1.29 is 13.6 Å². The van der Waals surface area contributed by atoms with Crippen molar-refractivity contribution in [2.75, 3.05) is 34.9 Å².